The van der Waals surface area contributed by atoms with Gasteiger partial charge in [0, 0.05) is 0 Å². The van der Waals surface area contributed by atoms with Gasteiger partial charge in [0.15, 0.2) is 0 Å². The van der Waals surface area contributed by atoms with Gasteiger partial charge in [-0.15, -0.1) is 0 Å². The summed E-state index contributed by atoms with van der Waals surface area (Å²) in [6.07, 6.45) is 2.80. The van der Waals surface area contributed by atoms with Crippen molar-refractivity contribution >= 4 is 11.9 Å². The van der Waals surface area contributed by atoms with Gasteiger partial charge < -0.3 is 4.74 Å². The third kappa shape index (κ3) is 4.68. The van der Waals surface area contributed by atoms with Crippen LogP contribution in [-0.4, -0.2) is 18.5 Å². The molecule has 0 spiro atoms. The van der Waals surface area contributed by atoms with Crippen molar-refractivity contribution in [1.29, 1.82) is 0 Å². The quantitative estimate of drug-likeness (QED) is 0.153. The molecule has 0 atom stereocenters. The van der Waals surface area contributed by atoms with Crippen LogP contribution in [0.3, 0.4) is 0 Å². The zero-order valence-corrected chi connectivity index (χ0v) is 7.13. The summed E-state index contributed by atoms with van der Waals surface area (Å²) in [6, 6.07) is 0. The van der Waals surface area contributed by atoms with Crippen LogP contribution in [0.15, 0.2) is 0 Å². The zero-order chi connectivity index (χ0) is 9.40. The minimum atomic E-state index is -0.923. The maximum atomic E-state index is 10.6. The highest BCUT2D eigenvalue weighted by Gasteiger charge is 2.12. The van der Waals surface area contributed by atoms with Crippen molar-refractivity contribution in [3.63, 3.8) is 0 Å². The molecule has 0 aromatic carbocycles. The van der Waals surface area contributed by atoms with Crippen LogP contribution in [0.2, 0.25) is 0 Å². The van der Waals surface area contributed by atoms with Crippen molar-refractivity contribution in [1.82, 2.24) is 5.43 Å². The summed E-state index contributed by atoms with van der Waals surface area (Å²) in [7, 11) is 0. The summed E-state index contributed by atoms with van der Waals surface area (Å²) < 4.78 is 4.57. The Kier molecular flexibility index (Phi) is 6.00. The normalized spacial score (nSPS) is 9.17. The molecule has 5 nitrogen and oxygen atoms in total. The van der Waals surface area contributed by atoms with Gasteiger partial charge in [0.2, 0.25) is 0 Å². The number of hydrazine groups is 1. The van der Waals surface area contributed by atoms with E-state index in [1.54, 1.807) is 5.43 Å². The van der Waals surface area contributed by atoms with Gasteiger partial charge in [-0.2, -0.15) is 0 Å². The molecule has 0 bridgehead atoms. The van der Waals surface area contributed by atoms with E-state index in [-0.39, 0.29) is 6.61 Å². The minimum absolute atomic E-state index is 0.278. The highest BCUT2D eigenvalue weighted by Crippen LogP contribution is 1.94. The lowest BCUT2D eigenvalue weighted by molar-refractivity contribution is -0.155. The zero-order valence-electron chi connectivity index (χ0n) is 7.13. The largest absolute Gasteiger partial charge is 0.459 e. The molecule has 0 heterocycles. The molecule has 3 N–H and O–H groups in total. The van der Waals surface area contributed by atoms with E-state index in [0.717, 1.165) is 19.3 Å². The Morgan fingerprint density at radius 2 is 2.08 bits per heavy atom. The third-order valence-corrected chi connectivity index (χ3v) is 1.30. The summed E-state index contributed by atoms with van der Waals surface area (Å²) in [5.41, 5.74) is 1.69. The molecule has 0 aliphatic rings. The number of amides is 1. The van der Waals surface area contributed by atoms with E-state index in [1.165, 1.54) is 0 Å². The Morgan fingerprint density at radius 1 is 1.42 bits per heavy atom. The van der Waals surface area contributed by atoms with Crippen LogP contribution in [0.4, 0.5) is 0 Å². The molecule has 0 aromatic heterocycles. The summed E-state index contributed by atoms with van der Waals surface area (Å²) in [5.74, 6) is 2.87. The van der Waals surface area contributed by atoms with Crippen molar-refractivity contribution in [2.75, 3.05) is 6.61 Å². The molecule has 0 aliphatic carbocycles. The lowest BCUT2D eigenvalue weighted by Crippen LogP contribution is -2.37. The Balaban J connectivity index is 3.38. The fourth-order valence-electron chi connectivity index (χ4n) is 0.641. The molecule has 0 saturated carbocycles. The number of nitrogens with one attached hydrogen (secondary N) is 1. The van der Waals surface area contributed by atoms with Crippen molar-refractivity contribution in [2.45, 2.75) is 26.2 Å². The third-order valence-electron chi connectivity index (χ3n) is 1.30. The second kappa shape index (κ2) is 6.60. The number of hydrogen-bond acceptors (Lipinski definition) is 4. The van der Waals surface area contributed by atoms with Crippen molar-refractivity contribution < 1.29 is 14.3 Å². The standard InChI is InChI=1S/C7H14N2O3/c1-2-3-4-5-12-7(11)6(10)9-8/h2-5,8H2,1H3,(H,9,10). The van der Waals surface area contributed by atoms with E-state index >= 15 is 0 Å². The number of esters is 1. The maximum Gasteiger partial charge on any atom is 0.398 e. The number of carbonyl (C=O) groups excluding carboxylic acids is 2. The molecule has 0 aromatic rings. The number of unbranched alkanes of at least 4 members (excludes halogenated alkanes) is 2. The molecule has 0 fully saturated rings. The van der Waals surface area contributed by atoms with Crippen LogP contribution in [-0.2, 0) is 14.3 Å². The van der Waals surface area contributed by atoms with E-state index in [2.05, 4.69) is 4.74 Å². The molecular weight excluding hydrogens is 160 g/mol. The van der Waals surface area contributed by atoms with Gasteiger partial charge in [-0.3, -0.25) is 10.2 Å². The number of rotatable bonds is 4. The second-order valence-electron chi connectivity index (χ2n) is 2.32. The molecule has 1 amide bonds. The molecule has 0 rings (SSSR count). The first-order valence-electron chi connectivity index (χ1n) is 3.90. The number of nitrogens with two attached hydrogens (primary N) is 1. The molecular formula is C7H14N2O3. The van der Waals surface area contributed by atoms with Gasteiger partial charge in [-0.1, -0.05) is 19.8 Å². The summed E-state index contributed by atoms with van der Waals surface area (Å²) in [4.78, 5) is 21.1. The second-order valence-corrected chi connectivity index (χ2v) is 2.32. The average Bonchev–Trinajstić information content (AvgIpc) is 2.10. The molecule has 0 aliphatic heterocycles. The first-order chi connectivity index (χ1) is 5.72. The lowest BCUT2D eigenvalue weighted by Gasteiger charge is -2.01. The lowest BCUT2D eigenvalue weighted by atomic mass is 10.3. The van der Waals surface area contributed by atoms with Crippen LogP contribution in [0.1, 0.15) is 26.2 Å². The smallest absolute Gasteiger partial charge is 0.398 e. The van der Waals surface area contributed by atoms with Gasteiger partial charge in [0.1, 0.15) is 0 Å². The van der Waals surface area contributed by atoms with Crippen LogP contribution in [0, 0.1) is 0 Å². The van der Waals surface area contributed by atoms with Crippen molar-refractivity contribution in [3.05, 3.63) is 0 Å². The summed E-state index contributed by atoms with van der Waals surface area (Å²) in [5, 5.41) is 0. The Morgan fingerprint density at radius 3 is 2.58 bits per heavy atom. The van der Waals surface area contributed by atoms with Gasteiger partial charge in [-0.25, -0.2) is 10.6 Å². The van der Waals surface area contributed by atoms with Crippen molar-refractivity contribution in [2.24, 2.45) is 5.84 Å². The predicted molar refractivity (Wildman–Crippen MR) is 42.8 cm³/mol. The first-order valence-corrected chi connectivity index (χ1v) is 3.90. The van der Waals surface area contributed by atoms with Crippen LogP contribution < -0.4 is 11.3 Å². The molecule has 12 heavy (non-hydrogen) atoms. The molecule has 0 saturated heterocycles. The monoisotopic (exact) mass is 174 g/mol. The maximum absolute atomic E-state index is 10.6. The topological polar surface area (TPSA) is 81.4 Å². The van der Waals surface area contributed by atoms with E-state index in [4.69, 9.17) is 5.84 Å². The van der Waals surface area contributed by atoms with Gasteiger partial charge in [0.05, 0.1) is 6.61 Å². The summed E-state index contributed by atoms with van der Waals surface area (Å²) >= 11 is 0. The summed E-state index contributed by atoms with van der Waals surface area (Å²) in [6.45, 7) is 2.31. The van der Waals surface area contributed by atoms with E-state index in [0.29, 0.717) is 0 Å². The number of carbonyl (C=O) groups is 2. The first kappa shape index (κ1) is 10.9. The number of ether oxygens (including phenoxy) is 1. The van der Waals surface area contributed by atoms with E-state index in [1.807, 2.05) is 6.92 Å². The predicted octanol–water partition coefficient (Wildman–Crippen LogP) is -0.290. The molecule has 70 valence electrons. The van der Waals surface area contributed by atoms with Gasteiger partial charge in [0.25, 0.3) is 0 Å². The van der Waals surface area contributed by atoms with E-state index < -0.39 is 11.9 Å². The van der Waals surface area contributed by atoms with Crippen LogP contribution >= 0.6 is 0 Å². The Hall–Kier alpha value is -1.10. The highest BCUT2D eigenvalue weighted by molar-refractivity contribution is 6.32. The van der Waals surface area contributed by atoms with Gasteiger partial charge >= 0.3 is 11.9 Å². The molecule has 5 heteroatoms. The van der Waals surface area contributed by atoms with E-state index in [9.17, 15) is 9.59 Å². The number of hydrogen-bond donors (Lipinski definition) is 2. The van der Waals surface area contributed by atoms with Crippen LogP contribution in [0.5, 0.6) is 0 Å². The Labute approximate surface area is 71.2 Å². The molecule has 0 unspecified atom stereocenters. The van der Waals surface area contributed by atoms with Gasteiger partial charge in [-0.05, 0) is 6.42 Å². The van der Waals surface area contributed by atoms with Crippen LogP contribution in [0.25, 0.3) is 0 Å². The molecule has 0 radical (unpaired) electrons. The van der Waals surface area contributed by atoms with Crippen molar-refractivity contribution in [3.8, 4) is 0 Å². The highest BCUT2D eigenvalue weighted by atomic mass is 16.5. The average molecular weight is 174 g/mol. The Bertz CT molecular complexity index is 159. The SMILES string of the molecule is CCCCCOC(=O)C(=O)NN. The fraction of sp³-hybridized carbons (Fsp3) is 0.714. The minimum Gasteiger partial charge on any atom is -0.459 e. The fourth-order valence-corrected chi connectivity index (χ4v) is 0.641.